The number of aryl methyl sites for hydroxylation is 3. The normalized spacial score (nSPS) is 11.1. The number of guanidine groups is 1. The monoisotopic (exact) mass is 455 g/mol. The molecule has 0 saturated heterocycles. The Morgan fingerprint density at radius 1 is 1.24 bits per heavy atom. The van der Waals surface area contributed by atoms with Crippen LogP contribution in [-0.4, -0.2) is 41.2 Å². The second-order valence-corrected chi connectivity index (χ2v) is 6.20. The van der Waals surface area contributed by atoms with Gasteiger partial charge in [0.25, 0.3) is 0 Å². The second-order valence-electron chi connectivity index (χ2n) is 6.20. The number of H-pyrrole nitrogens is 1. The van der Waals surface area contributed by atoms with E-state index in [1.54, 1.807) is 0 Å². The summed E-state index contributed by atoms with van der Waals surface area (Å²) in [5.74, 6) is 0.960. The molecular formula is C19H30IN5. The van der Waals surface area contributed by atoms with E-state index in [4.69, 9.17) is 4.99 Å². The average molecular weight is 455 g/mol. The summed E-state index contributed by atoms with van der Waals surface area (Å²) in [4.78, 5) is 6.93. The van der Waals surface area contributed by atoms with Crippen LogP contribution in [0.4, 0.5) is 0 Å². The Morgan fingerprint density at radius 2 is 1.96 bits per heavy atom. The third-order valence-corrected chi connectivity index (χ3v) is 4.04. The first-order valence-electron chi connectivity index (χ1n) is 8.64. The van der Waals surface area contributed by atoms with Gasteiger partial charge in [0.1, 0.15) is 0 Å². The minimum absolute atomic E-state index is 0. The molecule has 0 fully saturated rings. The van der Waals surface area contributed by atoms with Crippen LogP contribution < -0.4 is 5.32 Å². The van der Waals surface area contributed by atoms with E-state index in [0.717, 1.165) is 44.1 Å². The molecule has 0 aliphatic rings. The number of nitrogens with zero attached hydrogens (tertiary/aromatic N) is 3. The van der Waals surface area contributed by atoms with E-state index in [0.29, 0.717) is 0 Å². The summed E-state index contributed by atoms with van der Waals surface area (Å²) >= 11 is 0. The highest BCUT2D eigenvalue weighted by atomic mass is 127. The van der Waals surface area contributed by atoms with Crippen molar-refractivity contribution in [2.45, 2.75) is 40.2 Å². The number of aliphatic imine (C=N–C) groups is 1. The van der Waals surface area contributed by atoms with Gasteiger partial charge in [-0.15, -0.1) is 24.0 Å². The maximum Gasteiger partial charge on any atom is 0.193 e. The van der Waals surface area contributed by atoms with Crippen LogP contribution >= 0.6 is 24.0 Å². The molecule has 0 aliphatic carbocycles. The third kappa shape index (κ3) is 7.05. The summed E-state index contributed by atoms with van der Waals surface area (Å²) < 4.78 is 0. The fourth-order valence-electron chi connectivity index (χ4n) is 2.59. The van der Waals surface area contributed by atoms with E-state index >= 15 is 0 Å². The van der Waals surface area contributed by atoms with Gasteiger partial charge in [0.05, 0.1) is 6.20 Å². The lowest BCUT2D eigenvalue weighted by molar-refractivity contribution is 0.476. The standard InChI is InChI=1S/C19H29N5.HI/c1-5-20-19(21-12-6-7-18-13-22-23-16(18)3)24(4)14-17-10-8-15(2)9-11-17;/h8-11,13H,5-7,12,14H2,1-4H3,(H,20,21)(H,22,23);1H. The zero-order valence-corrected chi connectivity index (χ0v) is 18.0. The number of nitrogens with one attached hydrogen (secondary N) is 2. The maximum atomic E-state index is 4.76. The van der Waals surface area contributed by atoms with Crippen LogP contribution in [-0.2, 0) is 13.0 Å². The van der Waals surface area contributed by atoms with E-state index in [2.05, 4.69) is 72.5 Å². The minimum Gasteiger partial charge on any atom is -0.357 e. The molecule has 2 N–H and O–H groups in total. The van der Waals surface area contributed by atoms with E-state index in [1.165, 1.54) is 16.7 Å². The molecule has 0 unspecified atom stereocenters. The van der Waals surface area contributed by atoms with Gasteiger partial charge in [-0.3, -0.25) is 10.1 Å². The summed E-state index contributed by atoms with van der Waals surface area (Å²) in [6.45, 7) is 8.81. The molecular weight excluding hydrogens is 425 g/mol. The first-order chi connectivity index (χ1) is 11.6. The predicted molar refractivity (Wildman–Crippen MR) is 116 cm³/mol. The van der Waals surface area contributed by atoms with Gasteiger partial charge in [0.2, 0.25) is 0 Å². The maximum absolute atomic E-state index is 4.76. The Balaban J connectivity index is 0.00000312. The van der Waals surface area contributed by atoms with Crippen LogP contribution in [0.15, 0.2) is 35.5 Å². The van der Waals surface area contributed by atoms with Gasteiger partial charge in [-0.1, -0.05) is 29.8 Å². The van der Waals surface area contributed by atoms with Crippen molar-refractivity contribution in [1.29, 1.82) is 0 Å². The first-order valence-corrected chi connectivity index (χ1v) is 8.64. The van der Waals surface area contributed by atoms with Gasteiger partial charge >= 0.3 is 0 Å². The molecule has 2 aromatic rings. The molecule has 138 valence electrons. The summed E-state index contributed by atoms with van der Waals surface area (Å²) in [6, 6.07) is 8.66. The third-order valence-electron chi connectivity index (χ3n) is 4.04. The molecule has 0 amide bonds. The zero-order valence-electron chi connectivity index (χ0n) is 15.7. The second kappa shape index (κ2) is 11.1. The highest BCUT2D eigenvalue weighted by Gasteiger charge is 2.06. The molecule has 1 aromatic heterocycles. The average Bonchev–Trinajstić information content (AvgIpc) is 2.97. The lowest BCUT2D eigenvalue weighted by Crippen LogP contribution is -2.38. The van der Waals surface area contributed by atoms with Gasteiger partial charge in [0.15, 0.2) is 5.96 Å². The van der Waals surface area contributed by atoms with Crippen molar-refractivity contribution in [3.63, 3.8) is 0 Å². The number of halogens is 1. The Morgan fingerprint density at radius 3 is 2.56 bits per heavy atom. The predicted octanol–water partition coefficient (Wildman–Crippen LogP) is 3.67. The SMILES string of the molecule is CCNC(=NCCCc1cn[nH]c1C)N(C)Cc1ccc(C)cc1.I. The molecule has 0 saturated carbocycles. The molecule has 0 aliphatic heterocycles. The Hall–Kier alpha value is -1.57. The largest absolute Gasteiger partial charge is 0.357 e. The molecule has 0 bridgehead atoms. The van der Waals surface area contributed by atoms with Gasteiger partial charge in [-0.05, 0) is 44.7 Å². The van der Waals surface area contributed by atoms with Crippen molar-refractivity contribution >= 4 is 29.9 Å². The molecule has 1 aromatic carbocycles. The van der Waals surface area contributed by atoms with E-state index in [9.17, 15) is 0 Å². The zero-order chi connectivity index (χ0) is 17.4. The Bertz CT molecular complexity index is 648. The van der Waals surface area contributed by atoms with Gasteiger partial charge in [0, 0.05) is 32.4 Å². The summed E-state index contributed by atoms with van der Waals surface area (Å²) in [5.41, 5.74) is 5.02. The number of aromatic amines is 1. The van der Waals surface area contributed by atoms with Crippen LogP contribution in [0.25, 0.3) is 0 Å². The molecule has 1 heterocycles. The van der Waals surface area contributed by atoms with Crippen LogP contribution in [0, 0.1) is 13.8 Å². The number of rotatable bonds is 7. The molecule has 6 heteroatoms. The molecule has 0 radical (unpaired) electrons. The van der Waals surface area contributed by atoms with Crippen molar-refractivity contribution in [3.05, 3.63) is 52.8 Å². The minimum atomic E-state index is 0. The molecule has 0 atom stereocenters. The topological polar surface area (TPSA) is 56.3 Å². The fraction of sp³-hybridized carbons (Fsp3) is 0.474. The Labute approximate surface area is 168 Å². The molecule has 2 rings (SSSR count). The summed E-state index contributed by atoms with van der Waals surface area (Å²) in [5, 5.41) is 10.4. The smallest absolute Gasteiger partial charge is 0.193 e. The van der Waals surface area contributed by atoms with Crippen molar-refractivity contribution in [2.24, 2.45) is 4.99 Å². The van der Waals surface area contributed by atoms with Crippen molar-refractivity contribution in [2.75, 3.05) is 20.1 Å². The van der Waals surface area contributed by atoms with Gasteiger partial charge < -0.3 is 10.2 Å². The highest BCUT2D eigenvalue weighted by molar-refractivity contribution is 14.0. The quantitative estimate of drug-likeness (QED) is 0.290. The van der Waals surface area contributed by atoms with E-state index in [-0.39, 0.29) is 24.0 Å². The lowest BCUT2D eigenvalue weighted by Gasteiger charge is -2.22. The first kappa shape index (κ1) is 21.5. The summed E-state index contributed by atoms with van der Waals surface area (Å²) in [6.07, 6.45) is 3.94. The van der Waals surface area contributed by atoms with Crippen molar-refractivity contribution in [1.82, 2.24) is 20.4 Å². The van der Waals surface area contributed by atoms with Crippen LogP contribution in [0.1, 0.15) is 35.7 Å². The van der Waals surface area contributed by atoms with Crippen LogP contribution in [0.5, 0.6) is 0 Å². The Kier molecular flexibility index (Phi) is 9.55. The van der Waals surface area contributed by atoms with Crippen LogP contribution in [0.3, 0.4) is 0 Å². The van der Waals surface area contributed by atoms with Crippen molar-refractivity contribution < 1.29 is 0 Å². The fourth-order valence-corrected chi connectivity index (χ4v) is 2.59. The molecule has 5 nitrogen and oxygen atoms in total. The summed E-state index contributed by atoms with van der Waals surface area (Å²) in [7, 11) is 2.08. The van der Waals surface area contributed by atoms with Crippen molar-refractivity contribution in [3.8, 4) is 0 Å². The number of hydrogen-bond donors (Lipinski definition) is 2. The number of aromatic nitrogens is 2. The van der Waals surface area contributed by atoms with Crippen LogP contribution in [0.2, 0.25) is 0 Å². The molecule has 25 heavy (non-hydrogen) atoms. The van der Waals surface area contributed by atoms with Gasteiger partial charge in [-0.25, -0.2) is 0 Å². The highest BCUT2D eigenvalue weighted by Crippen LogP contribution is 2.07. The number of hydrogen-bond acceptors (Lipinski definition) is 2. The lowest BCUT2D eigenvalue weighted by atomic mass is 10.1. The van der Waals surface area contributed by atoms with E-state index < -0.39 is 0 Å². The molecule has 0 spiro atoms. The van der Waals surface area contributed by atoms with E-state index in [1.807, 2.05) is 6.20 Å². The number of benzene rings is 1. The van der Waals surface area contributed by atoms with Gasteiger partial charge in [-0.2, -0.15) is 5.10 Å².